The lowest BCUT2D eigenvalue weighted by Gasteiger charge is -2.27. The molecule has 23 heteroatoms. The summed E-state index contributed by atoms with van der Waals surface area (Å²) >= 11 is 0. The van der Waals surface area contributed by atoms with Crippen molar-refractivity contribution in [1.29, 1.82) is 0 Å². The highest BCUT2D eigenvalue weighted by Gasteiger charge is 2.22. The van der Waals surface area contributed by atoms with Gasteiger partial charge in [-0.3, -0.25) is 24.4 Å². The van der Waals surface area contributed by atoms with Crippen molar-refractivity contribution in [3.8, 4) is 45.8 Å². The largest absolute Gasteiger partial charge is 0.504 e. The molecule has 3 aliphatic rings. The molecule has 91 heavy (non-hydrogen) atoms. The van der Waals surface area contributed by atoms with Crippen LogP contribution in [0.15, 0.2) is 112 Å². The third kappa shape index (κ3) is 15.5. The van der Waals surface area contributed by atoms with Crippen LogP contribution in [-0.2, 0) is 32.1 Å². The van der Waals surface area contributed by atoms with Gasteiger partial charge in [0.15, 0.2) is 34.5 Å². The van der Waals surface area contributed by atoms with Crippen molar-refractivity contribution in [2.45, 2.75) is 85.2 Å². The Morgan fingerprint density at radius 3 is 1.64 bits per heavy atom. The number of phenols is 1. The fourth-order valence-corrected chi connectivity index (χ4v) is 11.0. The number of halogens is 2. The molecule has 13 rings (SSSR count). The third-order valence-corrected chi connectivity index (χ3v) is 15.4. The van der Waals surface area contributed by atoms with Crippen LogP contribution in [-0.4, -0.2) is 125 Å². The first-order valence-corrected chi connectivity index (χ1v) is 30.3. The minimum atomic E-state index is -0.664. The van der Waals surface area contributed by atoms with Gasteiger partial charge in [0, 0.05) is 101 Å². The van der Waals surface area contributed by atoms with Crippen molar-refractivity contribution in [3.05, 3.63) is 186 Å². The summed E-state index contributed by atoms with van der Waals surface area (Å²) in [6.45, 7) is 11.7. The number of pyridine rings is 3. The normalized spacial score (nSPS) is 13.9. The summed E-state index contributed by atoms with van der Waals surface area (Å²) in [5, 5.41) is 14.5. The second-order valence-corrected chi connectivity index (χ2v) is 21.5. The van der Waals surface area contributed by atoms with Gasteiger partial charge < -0.3 is 58.9 Å². The van der Waals surface area contributed by atoms with Crippen LogP contribution in [0.2, 0.25) is 0 Å². The van der Waals surface area contributed by atoms with Gasteiger partial charge in [0.1, 0.15) is 41.0 Å². The van der Waals surface area contributed by atoms with Crippen molar-refractivity contribution in [1.82, 2.24) is 50.2 Å². The molecule has 3 aliphatic heterocycles. The summed E-state index contributed by atoms with van der Waals surface area (Å²) in [6, 6.07) is 20.7. The second-order valence-electron chi connectivity index (χ2n) is 21.5. The van der Waals surface area contributed by atoms with Crippen molar-refractivity contribution in [3.63, 3.8) is 0 Å². The molecule has 0 amide bonds. The molecule has 0 aliphatic carbocycles. The maximum absolute atomic E-state index is 13.5. The molecule has 0 bridgehead atoms. The van der Waals surface area contributed by atoms with Crippen LogP contribution in [0.3, 0.4) is 0 Å². The standard InChI is InChI=1S/C25H22F2N4O3.C20H22N4O3.C19H20N4O3.2C2H6/c1-33-22-10-19-21(11-23(22)34-18-4-5-28-13-18)30-24(31-25(19)32)6-14-2-3-20(29-12-14)15-7-16(26)9-17(27)8-15;1-24-6-4-5-14-16(24)7-12(11-21-14)8-19-22-15-10-18(27-3)17(26-2)9-13(15)20(25)23-19;1-23-5-3-4-12-6-11(10-20-18(12)23)7-17-21-14-9-15(24)16(26-2)8-13(14)19(25)22-17;2*1-2/h2-3,7-12,18,28H,4-6,13H2,1H3,(H,30,31,32);7,9-11H,4-6,8H2,1-3H3,(H,22,23,25);6,8-10,24H,3-5,7H2,1-2H3,(H,21,22,25);2*1-2H3. The number of aryl methyl sites for hydroxylation is 2. The summed E-state index contributed by atoms with van der Waals surface area (Å²) in [5.41, 5.74) is 7.88. The Bertz CT molecular complexity index is 4370. The van der Waals surface area contributed by atoms with Crippen molar-refractivity contribution in [2.75, 3.05) is 78.5 Å². The van der Waals surface area contributed by atoms with Gasteiger partial charge in [-0.2, -0.15) is 0 Å². The summed E-state index contributed by atoms with van der Waals surface area (Å²) in [4.78, 5) is 77.7. The SMILES string of the molecule is CC.CC.COc1cc2c(=O)[nH]c(Cc3ccc(-c4cc(F)cc(F)c4)nc3)nc2cc1OC1CCNC1.COc1cc2c(=O)[nH]c(Cc3cnc4c(c3)CCCN4C)nc2cc1O.COc1cc2nc(Cc3cnc4c(c3)N(C)CCC4)[nH]c(=O)c2cc1OC. The van der Waals surface area contributed by atoms with E-state index < -0.39 is 11.6 Å². The lowest BCUT2D eigenvalue weighted by molar-refractivity contribution is 0.213. The average molecular weight is 1240 g/mol. The molecular weight excluding hydrogens is 1170 g/mol. The molecule has 10 aromatic rings. The minimum absolute atomic E-state index is 0.0315. The highest BCUT2D eigenvalue weighted by molar-refractivity contribution is 5.83. The average Bonchev–Trinajstić information content (AvgIpc) is 3.60. The maximum atomic E-state index is 13.5. The predicted octanol–water partition coefficient (Wildman–Crippen LogP) is 9.97. The Kier molecular flexibility index (Phi) is 21.6. The lowest BCUT2D eigenvalue weighted by atomic mass is 10.0. The number of aromatic hydroxyl groups is 1. The van der Waals surface area contributed by atoms with Gasteiger partial charge in [-0.05, 0) is 103 Å². The van der Waals surface area contributed by atoms with Crippen molar-refractivity contribution >= 4 is 44.2 Å². The minimum Gasteiger partial charge on any atom is -0.504 e. The molecule has 1 unspecified atom stereocenters. The molecule has 0 saturated carbocycles. The molecular formula is C68H76F2N12O9. The lowest BCUT2D eigenvalue weighted by Crippen LogP contribution is -2.26. The number of nitrogens with zero attached hydrogens (tertiary/aromatic N) is 8. The Labute approximate surface area is 524 Å². The van der Waals surface area contributed by atoms with Crippen LogP contribution >= 0.6 is 0 Å². The zero-order chi connectivity index (χ0) is 64.9. The summed E-state index contributed by atoms with van der Waals surface area (Å²) < 4.78 is 54.2. The van der Waals surface area contributed by atoms with E-state index in [9.17, 15) is 28.3 Å². The zero-order valence-corrected chi connectivity index (χ0v) is 52.8. The Morgan fingerprint density at radius 1 is 0.560 bits per heavy atom. The highest BCUT2D eigenvalue weighted by Crippen LogP contribution is 2.34. The molecule has 0 spiro atoms. The molecule has 6 aromatic heterocycles. The topological polar surface area (TPSA) is 261 Å². The van der Waals surface area contributed by atoms with E-state index in [1.807, 2.05) is 47.1 Å². The molecule has 476 valence electrons. The van der Waals surface area contributed by atoms with Gasteiger partial charge in [-0.25, -0.2) is 28.7 Å². The predicted molar refractivity (Wildman–Crippen MR) is 349 cm³/mol. The maximum Gasteiger partial charge on any atom is 0.258 e. The first-order valence-electron chi connectivity index (χ1n) is 30.3. The van der Waals surface area contributed by atoms with E-state index in [-0.39, 0.29) is 34.3 Å². The van der Waals surface area contributed by atoms with Crippen LogP contribution in [0.4, 0.5) is 20.3 Å². The van der Waals surface area contributed by atoms with E-state index >= 15 is 0 Å². The van der Waals surface area contributed by atoms with E-state index in [0.717, 1.165) is 98.2 Å². The molecule has 21 nitrogen and oxygen atoms in total. The monoisotopic (exact) mass is 1240 g/mol. The molecule has 5 N–H and O–H groups in total. The molecule has 0 radical (unpaired) electrons. The quantitative estimate of drug-likeness (QED) is 0.0719. The zero-order valence-electron chi connectivity index (χ0n) is 52.8. The molecule has 1 atom stereocenters. The van der Waals surface area contributed by atoms with E-state index in [2.05, 4.69) is 79.2 Å². The molecule has 4 aromatic carbocycles. The number of nitrogens with one attached hydrogen (secondary N) is 4. The van der Waals surface area contributed by atoms with Crippen molar-refractivity contribution < 1.29 is 37.6 Å². The van der Waals surface area contributed by atoms with Crippen molar-refractivity contribution in [2.24, 2.45) is 0 Å². The first kappa shape index (κ1) is 65.4. The van der Waals surface area contributed by atoms with Crippen LogP contribution in [0.1, 0.15) is 92.4 Å². The first-order chi connectivity index (χ1) is 44.1. The number of anilines is 2. The number of benzene rings is 4. The van der Waals surface area contributed by atoms with E-state index in [1.165, 1.54) is 44.0 Å². The van der Waals surface area contributed by atoms with Gasteiger partial charge >= 0.3 is 0 Å². The fraction of sp³-hybridized carbons (Fsp3) is 0.338. The molecule has 1 saturated heterocycles. The summed E-state index contributed by atoms with van der Waals surface area (Å²) in [5.74, 6) is 3.58. The van der Waals surface area contributed by atoms with Crippen LogP contribution in [0.25, 0.3) is 44.0 Å². The van der Waals surface area contributed by atoms with E-state index in [4.69, 9.17) is 23.7 Å². The third-order valence-electron chi connectivity index (χ3n) is 15.4. The number of rotatable bonds is 13. The van der Waals surface area contributed by atoms with Gasteiger partial charge in [0.05, 0.1) is 78.2 Å². The van der Waals surface area contributed by atoms with Crippen LogP contribution < -0.4 is 55.5 Å². The number of aromatic nitrogens is 9. The molecule has 9 heterocycles. The number of hydrogen-bond donors (Lipinski definition) is 5. The van der Waals surface area contributed by atoms with Gasteiger partial charge in [0.25, 0.3) is 16.7 Å². The number of H-pyrrole nitrogens is 3. The van der Waals surface area contributed by atoms with Gasteiger partial charge in [0.2, 0.25) is 0 Å². The number of ether oxygens (including phenoxy) is 5. The molecule has 1 fully saturated rings. The number of aromatic amines is 3. The van der Waals surface area contributed by atoms with Crippen LogP contribution in [0, 0.1) is 11.6 Å². The van der Waals surface area contributed by atoms with Crippen LogP contribution in [0.5, 0.6) is 34.5 Å². The summed E-state index contributed by atoms with van der Waals surface area (Å²) in [6.07, 6.45) is 11.8. The second kappa shape index (κ2) is 30.0. The number of methoxy groups -OCH3 is 4. The number of hydrogen-bond acceptors (Lipinski definition) is 18. The smallest absolute Gasteiger partial charge is 0.258 e. The fourth-order valence-electron chi connectivity index (χ4n) is 11.0. The van der Waals surface area contributed by atoms with Gasteiger partial charge in [-0.15, -0.1) is 0 Å². The van der Waals surface area contributed by atoms with E-state index in [1.54, 1.807) is 56.8 Å². The summed E-state index contributed by atoms with van der Waals surface area (Å²) in [7, 11) is 10.2. The highest BCUT2D eigenvalue weighted by atomic mass is 19.1. The van der Waals surface area contributed by atoms with E-state index in [0.29, 0.717) is 104 Å². The Balaban J connectivity index is 0.000000159. The Morgan fingerprint density at radius 2 is 1.07 bits per heavy atom. The Hall–Kier alpha value is -10.0. The number of fused-ring (bicyclic) bond motifs is 5. The number of phenolic OH excluding ortho intramolecular Hbond substituents is 1. The van der Waals surface area contributed by atoms with Gasteiger partial charge in [-0.1, -0.05) is 39.8 Å².